The van der Waals surface area contributed by atoms with Gasteiger partial charge in [-0.2, -0.15) is 0 Å². The van der Waals surface area contributed by atoms with Crippen molar-refractivity contribution in [2.75, 3.05) is 7.11 Å². The first-order chi connectivity index (χ1) is 6.72. The molecule has 0 saturated heterocycles. The lowest BCUT2D eigenvalue weighted by Gasteiger charge is -2.03. The molecule has 0 aliphatic heterocycles. The van der Waals surface area contributed by atoms with E-state index in [1.54, 1.807) is 16.8 Å². The molecule has 2 heterocycles. The Bertz CT molecular complexity index is 495. The van der Waals surface area contributed by atoms with E-state index >= 15 is 0 Å². The van der Waals surface area contributed by atoms with Crippen LogP contribution in [0.25, 0.3) is 5.65 Å². The number of pyridine rings is 1. The van der Waals surface area contributed by atoms with Gasteiger partial charge in [-0.1, -0.05) is 0 Å². The molecule has 0 fully saturated rings. The molecule has 5 nitrogen and oxygen atoms in total. The summed E-state index contributed by atoms with van der Waals surface area (Å²) in [6.07, 6.45) is 4.75. The van der Waals surface area contributed by atoms with Gasteiger partial charge in [0.25, 0.3) is 0 Å². The van der Waals surface area contributed by atoms with Crippen molar-refractivity contribution in [2.45, 2.75) is 0 Å². The maximum atomic E-state index is 10.7. The fourth-order valence-corrected chi connectivity index (χ4v) is 1.27. The fraction of sp³-hybridized carbons (Fsp3) is 0.111. The van der Waals surface area contributed by atoms with Gasteiger partial charge in [0.2, 0.25) is 0 Å². The lowest BCUT2D eigenvalue weighted by molar-refractivity contribution is 0.0696. The van der Waals surface area contributed by atoms with E-state index in [-0.39, 0.29) is 18.0 Å². The number of hydrogen-bond acceptors (Lipinski definition) is 3. The number of halogens is 1. The molecule has 0 bridgehead atoms. The number of carbonyl (C=O) groups is 1. The predicted octanol–water partition coefficient (Wildman–Crippen LogP) is 1.46. The molecule has 80 valence electrons. The predicted molar refractivity (Wildman–Crippen MR) is 56.0 cm³/mol. The Kier molecular flexibility index (Phi) is 3.16. The van der Waals surface area contributed by atoms with Gasteiger partial charge in [0.05, 0.1) is 12.7 Å². The van der Waals surface area contributed by atoms with Crippen molar-refractivity contribution in [2.24, 2.45) is 0 Å². The Labute approximate surface area is 91.7 Å². The van der Waals surface area contributed by atoms with E-state index in [0.29, 0.717) is 11.4 Å². The number of rotatable bonds is 2. The zero-order valence-electron chi connectivity index (χ0n) is 7.88. The highest BCUT2D eigenvalue weighted by Crippen LogP contribution is 2.19. The summed E-state index contributed by atoms with van der Waals surface area (Å²) >= 11 is 0. The second-order valence-electron chi connectivity index (χ2n) is 2.76. The summed E-state index contributed by atoms with van der Waals surface area (Å²) in [7, 11) is 1.48. The van der Waals surface area contributed by atoms with Gasteiger partial charge in [0.15, 0.2) is 11.4 Å². The molecular formula is C9H9ClN2O3. The van der Waals surface area contributed by atoms with Crippen LogP contribution in [0.3, 0.4) is 0 Å². The highest BCUT2D eigenvalue weighted by atomic mass is 35.5. The van der Waals surface area contributed by atoms with Crippen LogP contribution in [0.5, 0.6) is 5.75 Å². The minimum atomic E-state index is -0.987. The Morgan fingerprint density at radius 3 is 2.93 bits per heavy atom. The summed E-state index contributed by atoms with van der Waals surface area (Å²) < 4.78 is 6.64. The van der Waals surface area contributed by atoms with E-state index in [1.165, 1.54) is 19.4 Å². The molecule has 0 aliphatic rings. The SMILES string of the molecule is COc1cc(C(=O)O)cn2ccnc12.Cl. The summed E-state index contributed by atoms with van der Waals surface area (Å²) in [5, 5.41) is 8.81. The van der Waals surface area contributed by atoms with Crippen LogP contribution in [0.15, 0.2) is 24.7 Å². The molecule has 0 atom stereocenters. The van der Waals surface area contributed by atoms with Gasteiger partial charge in [-0.3, -0.25) is 0 Å². The molecule has 0 aromatic carbocycles. The van der Waals surface area contributed by atoms with Gasteiger partial charge in [-0.15, -0.1) is 12.4 Å². The van der Waals surface area contributed by atoms with E-state index in [4.69, 9.17) is 9.84 Å². The van der Waals surface area contributed by atoms with Crippen molar-refractivity contribution in [1.82, 2.24) is 9.38 Å². The van der Waals surface area contributed by atoms with Crippen LogP contribution >= 0.6 is 12.4 Å². The zero-order chi connectivity index (χ0) is 10.1. The first kappa shape index (κ1) is 11.3. The molecule has 1 N–H and O–H groups in total. The van der Waals surface area contributed by atoms with E-state index in [1.807, 2.05) is 0 Å². The van der Waals surface area contributed by atoms with Crippen LogP contribution in [0.4, 0.5) is 0 Å². The summed E-state index contributed by atoms with van der Waals surface area (Å²) in [6.45, 7) is 0. The van der Waals surface area contributed by atoms with E-state index in [2.05, 4.69) is 4.98 Å². The Balaban J connectivity index is 0.00000112. The second-order valence-corrected chi connectivity index (χ2v) is 2.76. The molecule has 0 spiro atoms. The van der Waals surface area contributed by atoms with Crippen LogP contribution in [0.2, 0.25) is 0 Å². The number of ether oxygens (including phenoxy) is 1. The second kappa shape index (κ2) is 4.18. The number of aromatic nitrogens is 2. The van der Waals surface area contributed by atoms with Crippen LogP contribution in [-0.4, -0.2) is 27.6 Å². The fourth-order valence-electron chi connectivity index (χ4n) is 1.27. The van der Waals surface area contributed by atoms with Crippen LogP contribution in [0.1, 0.15) is 10.4 Å². The summed E-state index contributed by atoms with van der Waals surface area (Å²) in [5.74, 6) is -0.534. The smallest absolute Gasteiger partial charge is 0.337 e. The van der Waals surface area contributed by atoms with Gasteiger partial charge in [0.1, 0.15) is 0 Å². The molecular weight excluding hydrogens is 220 g/mol. The zero-order valence-corrected chi connectivity index (χ0v) is 8.69. The van der Waals surface area contributed by atoms with Crippen molar-refractivity contribution >= 4 is 24.0 Å². The minimum absolute atomic E-state index is 0. The van der Waals surface area contributed by atoms with Crippen LogP contribution in [-0.2, 0) is 0 Å². The van der Waals surface area contributed by atoms with E-state index < -0.39 is 5.97 Å². The first-order valence-corrected chi connectivity index (χ1v) is 3.96. The summed E-state index contributed by atoms with van der Waals surface area (Å²) in [4.78, 5) is 14.8. The summed E-state index contributed by atoms with van der Waals surface area (Å²) in [5.41, 5.74) is 0.782. The number of methoxy groups -OCH3 is 1. The molecule has 0 unspecified atom stereocenters. The largest absolute Gasteiger partial charge is 0.493 e. The number of nitrogens with zero attached hydrogens (tertiary/aromatic N) is 2. The third-order valence-electron chi connectivity index (χ3n) is 1.92. The lowest BCUT2D eigenvalue weighted by Crippen LogP contribution is -2.00. The van der Waals surface area contributed by atoms with E-state index in [0.717, 1.165) is 0 Å². The average molecular weight is 229 g/mol. The minimum Gasteiger partial charge on any atom is -0.493 e. The maximum Gasteiger partial charge on any atom is 0.337 e. The van der Waals surface area contributed by atoms with Gasteiger partial charge < -0.3 is 14.2 Å². The number of carboxylic acids is 1. The molecule has 2 rings (SSSR count). The number of hydrogen-bond donors (Lipinski definition) is 1. The van der Waals surface area contributed by atoms with Gasteiger partial charge >= 0.3 is 5.97 Å². The number of imidazole rings is 1. The molecule has 6 heteroatoms. The van der Waals surface area contributed by atoms with Gasteiger partial charge in [0, 0.05) is 18.6 Å². The Hall–Kier alpha value is -1.75. The Morgan fingerprint density at radius 2 is 2.33 bits per heavy atom. The molecule has 2 aromatic heterocycles. The van der Waals surface area contributed by atoms with E-state index in [9.17, 15) is 4.79 Å². The first-order valence-electron chi connectivity index (χ1n) is 3.96. The standard InChI is InChI=1S/C9H8N2O3.ClH/c1-14-7-4-6(9(12)13)5-11-3-2-10-8(7)11;/h2-5H,1H3,(H,12,13);1H. The maximum absolute atomic E-state index is 10.7. The number of carboxylic acid groups (broad SMARTS) is 1. The van der Waals surface area contributed by atoms with Gasteiger partial charge in [-0.05, 0) is 6.07 Å². The topological polar surface area (TPSA) is 63.8 Å². The highest BCUT2D eigenvalue weighted by Gasteiger charge is 2.09. The van der Waals surface area contributed by atoms with Crippen LogP contribution < -0.4 is 4.74 Å². The monoisotopic (exact) mass is 228 g/mol. The van der Waals surface area contributed by atoms with Crippen molar-refractivity contribution in [3.8, 4) is 5.75 Å². The lowest BCUT2D eigenvalue weighted by atomic mass is 10.3. The number of aromatic carboxylic acids is 1. The van der Waals surface area contributed by atoms with Crippen molar-refractivity contribution in [1.29, 1.82) is 0 Å². The number of fused-ring (bicyclic) bond motifs is 1. The van der Waals surface area contributed by atoms with Crippen molar-refractivity contribution in [3.63, 3.8) is 0 Å². The third kappa shape index (κ3) is 1.87. The third-order valence-corrected chi connectivity index (χ3v) is 1.92. The van der Waals surface area contributed by atoms with Crippen molar-refractivity contribution < 1.29 is 14.6 Å². The molecule has 0 amide bonds. The Morgan fingerprint density at radius 1 is 1.60 bits per heavy atom. The van der Waals surface area contributed by atoms with Crippen LogP contribution in [0, 0.1) is 0 Å². The highest BCUT2D eigenvalue weighted by molar-refractivity contribution is 5.88. The molecule has 15 heavy (non-hydrogen) atoms. The average Bonchev–Trinajstić information content (AvgIpc) is 2.63. The normalized spacial score (nSPS) is 9.67. The molecule has 0 aliphatic carbocycles. The molecule has 0 saturated carbocycles. The van der Waals surface area contributed by atoms with Crippen molar-refractivity contribution in [3.05, 3.63) is 30.2 Å². The van der Waals surface area contributed by atoms with Gasteiger partial charge in [-0.25, -0.2) is 9.78 Å². The summed E-state index contributed by atoms with van der Waals surface area (Å²) in [6, 6.07) is 1.45. The molecule has 0 radical (unpaired) electrons. The molecule has 2 aromatic rings. The quantitative estimate of drug-likeness (QED) is 0.845.